The summed E-state index contributed by atoms with van der Waals surface area (Å²) in [5, 5.41) is 13.3. The van der Waals surface area contributed by atoms with Crippen molar-refractivity contribution in [1.29, 1.82) is 0 Å². The van der Waals surface area contributed by atoms with Gasteiger partial charge in [-0.05, 0) is 41.0 Å². The second kappa shape index (κ2) is 10.1. The van der Waals surface area contributed by atoms with Gasteiger partial charge in [-0.1, -0.05) is 30.3 Å². The number of hydrogen-bond acceptors (Lipinski definition) is 8. The maximum Gasteiger partial charge on any atom is 0.252 e. The highest BCUT2D eigenvalue weighted by atomic mass is 16.6. The molecule has 6 rings (SSSR count). The molecule has 2 aromatic heterocycles. The summed E-state index contributed by atoms with van der Waals surface area (Å²) in [6, 6.07) is 15.8. The van der Waals surface area contributed by atoms with Crippen molar-refractivity contribution >= 4 is 10.9 Å². The summed E-state index contributed by atoms with van der Waals surface area (Å²) in [4.78, 5) is 18.3. The molecule has 0 saturated carbocycles. The van der Waals surface area contributed by atoms with Crippen LogP contribution in [0.2, 0.25) is 0 Å². The minimum Gasteiger partial charge on any atom is -0.486 e. The van der Waals surface area contributed by atoms with Crippen LogP contribution >= 0.6 is 0 Å². The highest BCUT2D eigenvalue weighted by molar-refractivity contribution is 5.83. The van der Waals surface area contributed by atoms with Crippen molar-refractivity contribution in [2.24, 2.45) is 0 Å². The lowest BCUT2D eigenvalue weighted by molar-refractivity contribution is 0.0663. The summed E-state index contributed by atoms with van der Waals surface area (Å²) in [7, 11) is 0. The number of tetrazole rings is 1. The molecule has 1 saturated heterocycles. The van der Waals surface area contributed by atoms with E-state index in [1.54, 1.807) is 0 Å². The molecule has 1 N–H and O–H groups in total. The molecule has 2 aliphatic heterocycles. The fourth-order valence-corrected chi connectivity index (χ4v) is 4.82. The number of H-pyrrole nitrogens is 1. The summed E-state index contributed by atoms with van der Waals surface area (Å²) in [6.45, 7) is 4.01. The average Bonchev–Trinajstić information content (AvgIpc) is 3.56. The molecular weight excluding hydrogens is 460 g/mol. The predicted octanol–water partition coefficient (Wildman–Crippen LogP) is 2.52. The van der Waals surface area contributed by atoms with Gasteiger partial charge in [0.25, 0.3) is 5.56 Å². The van der Waals surface area contributed by atoms with Crippen molar-refractivity contribution in [1.82, 2.24) is 30.1 Å². The first-order valence-electron chi connectivity index (χ1n) is 12.3. The fraction of sp³-hybridized carbons (Fsp3) is 0.385. The van der Waals surface area contributed by atoms with Gasteiger partial charge in [-0.25, -0.2) is 4.68 Å². The quantitative estimate of drug-likeness (QED) is 0.403. The SMILES string of the molecule is O=c1[nH]c2cc3c(cc2cc1CN(Cc1nnnn1Cc1ccccc1)C[C@H]1CCCO1)OCCO3. The lowest BCUT2D eigenvalue weighted by atomic mass is 10.1. The maximum atomic E-state index is 13.1. The summed E-state index contributed by atoms with van der Waals surface area (Å²) in [5.74, 6) is 2.10. The van der Waals surface area contributed by atoms with Gasteiger partial charge in [0, 0.05) is 36.7 Å². The van der Waals surface area contributed by atoms with E-state index in [0.29, 0.717) is 56.5 Å². The monoisotopic (exact) mass is 488 g/mol. The van der Waals surface area contributed by atoms with Crippen LogP contribution in [0.4, 0.5) is 0 Å². The molecule has 2 aliphatic rings. The predicted molar refractivity (Wildman–Crippen MR) is 132 cm³/mol. The normalized spacial score (nSPS) is 17.2. The number of aromatic amines is 1. The van der Waals surface area contributed by atoms with Gasteiger partial charge < -0.3 is 19.2 Å². The van der Waals surface area contributed by atoms with Crippen molar-refractivity contribution in [3.63, 3.8) is 0 Å². The first kappa shape index (κ1) is 22.7. The number of nitrogens with one attached hydrogen (secondary N) is 1. The Kier molecular flexibility index (Phi) is 6.35. The molecule has 0 radical (unpaired) electrons. The number of rotatable bonds is 8. The standard InChI is InChI=1S/C26H28N6O4/c33-26-20(11-19-12-23-24(13-22(19)27-26)36-10-9-35-23)15-31(16-21-7-4-8-34-21)17-25-28-29-30-32(25)14-18-5-2-1-3-6-18/h1-3,5-6,11-13,21H,4,7-10,14-17H2,(H,27,33)/t21-/m1/s1. The molecule has 2 aromatic carbocycles. The highest BCUT2D eigenvalue weighted by Crippen LogP contribution is 2.33. The van der Waals surface area contributed by atoms with Crippen LogP contribution in [-0.2, 0) is 24.4 Å². The third-order valence-electron chi connectivity index (χ3n) is 6.61. The number of hydrogen-bond donors (Lipinski definition) is 1. The van der Waals surface area contributed by atoms with Gasteiger partial charge in [0.2, 0.25) is 0 Å². The number of aromatic nitrogens is 5. The molecule has 0 spiro atoms. The third kappa shape index (κ3) is 4.95. The molecule has 0 aliphatic carbocycles. The topological polar surface area (TPSA) is 107 Å². The van der Waals surface area contributed by atoms with E-state index in [-0.39, 0.29) is 11.7 Å². The van der Waals surface area contributed by atoms with Gasteiger partial charge in [0.15, 0.2) is 17.3 Å². The van der Waals surface area contributed by atoms with E-state index in [1.165, 1.54) is 0 Å². The zero-order chi connectivity index (χ0) is 24.3. The number of ether oxygens (including phenoxy) is 3. The van der Waals surface area contributed by atoms with Gasteiger partial charge in [0.1, 0.15) is 13.2 Å². The van der Waals surface area contributed by atoms with E-state index in [2.05, 4.69) is 37.5 Å². The highest BCUT2D eigenvalue weighted by Gasteiger charge is 2.23. The average molecular weight is 489 g/mol. The largest absolute Gasteiger partial charge is 0.486 e. The Hall–Kier alpha value is -3.76. The first-order valence-corrected chi connectivity index (χ1v) is 12.3. The molecule has 10 heteroatoms. The number of nitrogens with zero attached hydrogens (tertiary/aromatic N) is 5. The minimum absolute atomic E-state index is 0.125. The van der Waals surface area contributed by atoms with Gasteiger partial charge in [0.05, 0.1) is 24.7 Å². The van der Waals surface area contributed by atoms with E-state index >= 15 is 0 Å². The van der Waals surface area contributed by atoms with E-state index in [9.17, 15) is 4.79 Å². The summed E-state index contributed by atoms with van der Waals surface area (Å²) >= 11 is 0. The van der Waals surface area contributed by atoms with Crippen LogP contribution in [0.5, 0.6) is 11.5 Å². The number of pyridine rings is 1. The Morgan fingerprint density at radius 2 is 1.86 bits per heavy atom. The van der Waals surface area contributed by atoms with Crippen LogP contribution in [-0.4, -0.2) is 62.6 Å². The van der Waals surface area contributed by atoms with Crippen LogP contribution in [0.3, 0.4) is 0 Å². The zero-order valence-electron chi connectivity index (χ0n) is 19.9. The molecule has 1 atom stereocenters. The molecule has 0 amide bonds. The maximum absolute atomic E-state index is 13.1. The van der Waals surface area contributed by atoms with Gasteiger partial charge >= 0.3 is 0 Å². The minimum atomic E-state index is -0.125. The fourth-order valence-electron chi connectivity index (χ4n) is 4.82. The molecule has 0 bridgehead atoms. The van der Waals surface area contributed by atoms with Crippen LogP contribution < -0.4 is 15.0 Å². The van der Waals surface area contributed by atoms with Crippen LogP contribution in [0.1, 0.15) is 29.8 Å². The van der Waals surface area contributed by atoms with E-state index < -0.39 is 0 Å². The molecule has 4 aromatic rings. The van der Waals surface area contributed by atoms with Gasteiger partial charge in [-0.15, -0.1) is 5.10 Å². The second-order valence-corrected chi connectivity index (χ2v) is 9.25. The second-order valence-electron chi connectivity index (χ2n) is 9.25. The van der Waals surface area contributed by atoms with E-state index in [4.69, 9.17) is 14.2 Å². The Morgan fingerprint density at radius 3 is 2.67 bits per heavy atom. The molecule has 36 heavy (non-hydrogen) atoms. The van der Waals surface area contributed by atoms with E-state index in [1.807, 2.05) is 41.1 Å². The third-order valence-corrected chi connectivity index (χ3v) is 6.61. The number of fused-ring (bicyclic) bond motifs is 2. The van der Waals surface area contributed by atoms with Crippen molar-refractivity contribution in [3.05, 3.63) is 75.8 Å². The lowest BCUT2D eigenvalue weighted by Crippen LogP contribution is -2.34. The van der Waals surface area contributed by atoms with Crippen LogP contribution in [0, 0.1) is 0 Å². The smallest absolute Gasteiger partial charge is 0.252 e. The van der Waals surface area contributed by atoms with Crippen LogP contribution in [0.15, 0.2) is 53.3 Å². The molecule has 10 nitrogen and oxygen atoms in total. The van der Waals surface area contributed by atoms with Crippen molar-refractivity contribution < 1.29 is 14.2 Å². The first-order chi connectivity index (χ1) is 17.7. The summed E-state index contributed by atoms with van der Waals surface area (Å²) in [6.07, 6.45) is 2.18. The van der Waals surface area contributed by atoms with Crippen molar-refractivity contribution in [3.8, 4) is 11.5 Å². The molecule has 0 unspecified atom stereocenters. The Labute approximate surface area is 207 Å². The van der Waals surface area contributed by atoms with Crippen LogP contribution in [0.25, 0.3) is 10.9 Å². The van der Waals surface area contributed by atoms with Crippen molar-refractivity contribution in [2.75, 3.05) is 26.4 Å². The molecule has 1 fully saturated rings. The van der Waals surface area contributed by atoms with E-state index in [0.717, 1.165) is 41.7 Å². The molecule has 4 heterocycles. The Balaban J connectivity index is 1.27. The molecular formula is C26H28N6O4. The Morgan fingerprint density at radius 1 is 1.03 bits per heavy atom. The van der Waals surface area contributed by atoms with Crippen molar-refractivity contribution in [2.45, 2.75) is 38.6 Å². The van der Waals surface area contributed by atoms with Gasteiger partial charge in [-0.2, -0.15) is 0 Å². The summed E-state index contributed by atoms with van der Waals surface area (Å²) < 4.78 is 19.1. The Bertz CT molecular complexity index is 1400. The lowest BCUT2D eigenvalue weighted by Gasteiger charge is -2.25. The number of benzene rings is 2. The van der Waals surface area contributed by atoms with Gasteiger partial charge in [-0.3, -0.25) is 9.69 Å². The summed E-state index contributed by atoms with van der Waals surface area (Å²) in [5.41, 5.74) is 2.39. The zero-order valence-corrected chi connectivity index (χ0v) is 19.9. The molecule has 186 valence electrons.